The topological polar surface area (TPSA) is 16.4 Å². The van der Waals surface area contributed by atoms with Crippen molar-refractivity contribution in [3.05, 3.63) is 236 Å². The van der Waals surface area contributed by atoms with Crippen LogP contribution >= 0.6 is 11.3 Å². The molecule has 0 amide bonds. The van der Waals surface area contributed by atoms with Crippen LogP contribution in [-0.2, 0) is 0 Å². The molecule has 0 saturated carbocycles. The van der Waals surface area contributed by atoms with Crippen molar-refractivity contribution in [1.29, 1.82) is 0 Å². The molecule has 0 bridgehead atoms. The average Bonchev–Trinajstić information content (AvgIpc) is 4.02. The van der Waals surface area contributed by atoms with Crippen LogP contribution in [0, 0.1) is 0 Å². The number of thiophene rings is 1. The Balaban J connectivity index is 1.02. The summed E-state index contributed by atoms with van der Waals surface area (Å²) in [5.41, 5.74) is 7.44. The van der Waals surface area contributed by atoms with Gasteiger partial charge >= 0.3 is 0 Å². The summed E-state index contributed by atoms with van der Waals surface area (Å²) in [5.74, 6) is 0. The Labute approximate surface area is 394 Å². The second-order valence-electron chi connectivity index (χ2n) is 16.2. The molecule has 13 aromatic rings. The molecule has 0 unspecified atom stereocenters. The van der Waals surface area contributed by atoms with Crippen molar-refractivity contribution in [3.8, 4) is 44.5 Å². The molecule has 2 heterocycles. The molecule has 11 aromatic carbocycles. The van der Waals surface area contributed by atoms with Crippen LogP contribution in [0.3, 0.4) is 0 Å². The smallest absolute Gasteiger partial charge is 0.143 e. The largest absolute Gasteiger partial charge is 0.455 e. The summed E-state index contributed by atoms with van der Waals surface area (Å²) in [4.78, 5) is 1.97. The van der Waals surface area contributed by atoms with Crippen molar-refractivity contribution in [2.45, 2.75) is 0 Å². The lowest BCUT2D eigenvalue weighted by Crippen LogP contribution is -2.10. The second kappa shape index (κ2) is 15.2. The molecular formula is C62H39NOS. The Bertz CT molecular complexity index is 4510. The quantitative estimate of drug-likeness (QED) is 0.159. The first kappa shape index (κ1) is 28.4. The summed E-state index contributed by atoms with van der Waals surface area (Å²) in [5, 5.41) is 8.75. The predicted octanol–water partition coefficient (Wildman–Crippen LogP) is 18.4. The minimum Gasteiger partial charge on any atom is -0.455 e. The molecule has 13 rings (SSSR count). The van der Waals surface area contributed by atoms with Gasteiger partial charge in [-0.05, 0) is 127 Å². The molecule has 304 valence electrons. The van der Waals surface area contributed by atoms with Crippen LogP contribution < -0.4 is 4.90 Å². The zero-order valence-electron chi connectivity index (χ0n) is 44.5. The lowest BCUT2D eigenvalue weighted by Gasteiger charge is -2.27. The third-order valence-corrected chi connectivity index (χ3v) is 13.6. The summed E-state index contributed by atoms with van der Waals surface area (Å²) in [6.45, 7) is 0. The first-order valence-electron chi connectivity index (χ1n) is 26.3. The number of hydrogen-bond acceptors (Lipinski definition) is 3. The van der Waals surface area contributed by atoms with Gasteiger partial charge in [0.15, 0.2) is 0 Å². The highest BCUT2D eigenvalue weighted by molar-refractivity contribution is 7.26. The van der Waals surface area contributed by atoms with Crippen LogP contribution in [0.4, 0.5) is 17.1 Å². The lowest BCUT2D eigenvalue weighted by molar-refractivity contribution is 0.673. The van der Waals surface area contributed by atoms with E-state index in [0.29, 0.717) is 39.3 Å². The molecule has 0 atom stereocenters. The molecule has 0 spiro atoms. The summed E-state index contributed by atoms with van der Waals surface area (Å²) >= 11 is 1.78. The molecule has 2 nitrogen and oxygen atoms in total. The predicted molar refractivity (Wildman–Crippen MR) is 278 cm³/mol. The monoisotopic (exact) mass is 855 g/mol. The number of hydrogen-bond donors (Lipinski definition) is 0. The summed E-state index contributed by atoms with van der Waals surface area (Å²) < 4.78 is 96.2. The molecule has 0 aliphatic heterocycles. The Morgan fingerprint density at radius 3 is 1.71 bits per heavy atom. The van der Waals surface area contributed by atoms with Gasteiger partial charge < -0.3 is 9.32 Å². The number of nitrogens with zero attached hydrogens (tertiary/aromatic N) is 1. The van der Waals surface area contributed by atoms with E-state index in [4.69, 9.17) is 18.1 Å². The number of rotatable bonds is 7. The van der Waals surface area contributed by atoms with E-state index in [9.17, 15) is 0 Å². The van der Waals surface area contributed by atoms with Gasteiger partial charge in [0.2, 0.25) is 0 Å². The van der Waals surface area contributed by atoms with Crippen LogP contribution in [0.1, 0.15) is 13.7 Å². The van der Waals surface area contributed by atoms with Crippen molar-refractivity contribution >= 4 is 92.1 Å². The van der Waals surface area contributed by atoms with Gasteiger partial charge in [0, 0.05) is 53.4 Å². The number of anilines is 3. The summed E-state index contributed by atoms with van der Waals surface area (Å²) in [6.07, 6.45) is 0. The molecule has 0 aliphatic rings. The van der Waals surface area contributed by atoms with E-state index in [-0.39, 0.29) is 35.3 Å². The maximum absolute atomic E-state index is 9.15. The fourth-order valence-electron chi connectivity index (χ4n) is 9.26. The van der Waals surface area contributed by atoms with Crippen molar-refractivity contribution in [2.75, 3.05) is 4.90 Å². The van der Waals surface area contributed by atoms with Gasteiger partial charge in [-0.3, -0.25) is 0 Å². The van der Waals surface area contributed by atoms with Crippen LogP contribution in [-0.4, -0.2) is 0 Å². The van der Waals surface area contributed by atoms with Crippen LogP contribution in [0.5, 0.6) is 0 Å². The SMILES string of the molecule is [2H]c1c([2H])c([2H])c(-c2cccc(N(c3ccc(-c4ccc5c(c4)sc4c6ccccc6ccc54)cc3)c3cc(-c4ccc5c(c4)oc4c6ccccc6ccc54)cc(-c4c([2H])c([2H])c([2H])c([2H])c4[2H])c3)c2)c([2H])c1[2H]. The molecule has 0 aliphatic carbocycles. The minimum absolute atomic E-state index is 0.0215. The number of fused-ring (bicyclic) bond motifs is 10. The fraction of sp³-hybridized carbons (Fsp3) is 0. The molecule has 0 N–H and O–H groups in total. The molecule has 0 saturated heterocycles. The van der Waals surface area contributed by atoms with E-state index >= 15 is 0 Å². The van der Waals surface area contributed by atoms with Gasteiger partial charge in [-0.15, -0.1) is 11.3 Å². The third kappa shape index (κ3) is 6.48. The van der Waals surface area contributed by atoms with Crippen molar-refractivity contribution < 1.29 is 18.1 Å². The maximum Gasteiger partial charge on any atom is 0.143 e. The van der Waals surface area contributed by atoms with E-state index in [0.717, 1.165) is 43.8 Å². The van der Waals surface area contributed by atoms with Gasteiger partial charge in [-0.1, -0.05) is 170 Å². The van der Waals surface area contributed by atoms with Crippen molar-refractivity contribution in [2.24, 2.45) is 0 Å². The highest BCUT2D eigenvalue weighted by Crippen LogP contribution is 2.44. The van der Waals surface area contributed by atoms with Crippen LogP contribution in [0.15, 0.2) is 241 Å². The molecule has 2 aromatic heterocycles. The van der Waals surface area contributed by atoms with E-state index in [1.807, 2.05) is 89.8 Å². The van der Waals surface area contributed by atoms with Crippen molar-refractivity contribution in [1.82, 2.24) is 0 Å². The summed E-state index contributed by atoms with van der Waals surface area (Å²) in [7, 11) is 0. The zero-order valence-corrected chi connectivity index (χ0v) is 35.3. The Morgan fingerprint density at radius 1 is 0.354 bits per heavy atom. The second-order valence-corrected chi connectivity index (χ2v) is 17.2. The van der Waals surface area contributed by atoms with E-state index in [2.05, 4.69) is 66.7 Å². The highest BCUT2D eigenvalue weighted by Gasteiger charge is 2.19. The average molecular weight is 856 g/mol. The molecular weight excluding hydrogens is 807 g/mol. The first-order valence-corrected chi connectivity index (χ1v) is 22.1. The van der Waals surface area contributed by atoms with Crippen LogP contribution in [0.2, 0.25) is 0 Å². The molecule has 0 fully saturated rings. The highest BCUT2D eigenvalue weighted by atomic mass is 32.1. The normalized spacial score (nSPS) is 13.8. The maximum atomic E-state index is 9.15. The third-order valence-electron chi connectivity index (χ3n) is 12.4. The lowest BCUT2D eigenvalue weighted by atomic mass is 9.96. The number of furan rings is 1. The first-order chi connectivity index (χ1) is 36.3. The van der Waals surface area contributed by atoms with E-state index in [1.165, 1.54) is 30.9 Å². The van der Waals surface area contributed by atoms with E-state index in [1.54, 1.807) is 35.6 Å². The number of benzene rings is 11. The summed E-state index contributed by atoms with van der Waals surface area (Å²) in [6, 6.07) is 54.1. The Hall–Kier alpha value is -8.24. The van der Waals surface area contributed by atoms with Gasteiger partial charge in [0.05, 0.1) is 13.7 Å². The molecule has 3 heteroatoms. The van der Waals surface area contributed by atoms with E-state index < -0.39 is 36.3 Å². The Morgan fingerprint density at radius 2 is 0.938 bits per heavy atom. The fourth-order valence-corrected chi connectivity index (χ4v) is 10.5. The zero-order chi connectivity index (χ0) is 51.6. The molecule has 65 heavy (non-hydrogen) atoms. The Kier molecular flexibility index (Phi) is 6.67. The van der Waals surface area contributed by atoms with Gasteiger partial charge in [-0.2, -0.15) is 0 Å². The van der Waals surface area contributed by atoms with Gasteiger partial charge in [0.25, 0.3) is 0 Å². The van der Waals surface area contributed by atoms with Crippen LogP contribution in [0.25, 0.3) is 108 Å². The van der Waals surface area contributed by atoms with Gasteiger partial charge in [-0.25, -0.2) is 0 Å². The van der Waals surface area contributed by atoms with Crippen molar-refractivity contribution in [3.63, 3.8) is 0 Å². The van der Waals surface area contributed by atoms with Gasteiger partial charge in [0.1, 0.15) is 11.2 Å². The molecule has 0 radical (unpaired) electrons. The minimum atomic E-state index is -0.501. The standard InChI is InChI=1S/C62H39NOS/c1-3-12-40(13-4-1)45-18-11-19-51(35-45)63(50-28-22-42(23-29-50)47-27-31-56-58-33-25-44-17-8-10-21-54(44)62(58)65-60(56)39-47)52-36-48(41-14-5-2-6-15-41)34-49(37-52)46-26-30-55-57-32-24-43-16-7-9-20-53(43)61(57)64-59(55)38-46/h1-39H/i1D,2D,3D,4D,5D,6D,12D,13D,14D,15D.